The van der Waals surface area contributed by atoms with Gasteiger partial charge in [-0.25, -0.2) is 4.39 Å². The van der Waals surface area contributed by atoms with Crippen molar-refractivity contribution >= 4 is 5.91 Å². The Kier molecular flexibility index (Phi) is 5.17. The second kappa shape index (κ2) is 6.89. The molecular formula is C16H23FN2O2. The molecule has 1 aliphatic rings. The lowest BCUT2D eigenvalue weighted by atomic mass is 10.0. The lowest BCUT2D eigenvalue weighted by Gasteiger charge is -2.19. The molecule has 3 N–H and O–H groups in total. The maximum atomic E-state index is 14.0. The number of halogens is 1. The van der Waals surface area contributed by atoms with Gasteiger partial charge in [-0.05, 0) is 44.2 Å². The van der Waals surface area contributed by atoms with E-state index in [1.807, 2.05) is 6.92 Å². The number of carbonyl (C=O) groups excluding carboxylic acids is 1. The fraction of sp³-hybridized carbons (Fsp3) is 0.562. The van der Waals surface area contributed by atoms with E-state index in [0.29, 0.717) is 12.0 Å². The Labute approximate surface area is 124 Å². The van der Waals surface area contributed by atoms with E-state index in [1.165, 1.54) is 6.07 Å². The summed E-state index contributed by atoms with van der Waals surface area (Å²) in [6, 6.07) is 4.97. The van der Waals surface area contributed by atoms with Crippen LogP contribution in [0.2, 0.25) is 0 Å². The van der Waals surface area contributed by atoms with Crippen molar-refractivity contribution in [1.29, 1.82) is 0 Å². The third-order valence-corrected chi connectivity index (χ3v) is 3.64. The molecule has 0 aliphatic heterocycles. The predicted molar refractivity (Wildman–Crippen MR) is 79.6 cm³/mol. The van der Waals surface area contributed by atoms with Gasteiger partial charge in [-0.1, -0.05) is 19.1 Å². The first kappa shape index (κ1) is 15.8. The summed E-state index contributed by atoms with van der Waals surface area (Å²) >= 11 is 0. The molecule has 1 saturated carbocycles. The minimum Gasteiger partial charge on any atom is -0.478 e. The first-order chi connectivity index (χ1) is 10.0. The van der Waals surface area contributed by atoms with Crippen LogP contribution in [0.4, 0.5) is 4.39 Å². The van der Waals surface area contributed by atoms with E-state index in [4.69, 9.17) is 10.5 Å². The largest absolute Gasteiger partial charge is 0.478 e. The molecule has 2 unspecified atom stereocenters. The van der Waals surface area contributed by atoms with Crippen molar-refractivity contribution in [2.75, 3.05) is 0 Å². The smallest absolute Gasteiger partial charge is 0.260 e. The van der Waals surface area contributed by atoms with Gasteiger partial charge in [-0.15, -0.1) is 0 Å². The molecule has 0 radical (unpaired) electrons. The second-order valence-electron chi connectivity index (χ2n) is 5.64. The number of benzene rings is 1. The monoisotopic (exact) mass is 294 g/mol. The third-order valence-electron chi connectivity index (χ3n) is 3.64. The molecule has 116 valence electrons. The number of carbonyl (C=O) groups is 1. The summed E-state index contributed by atoms with van der Waals surface area (Å²) in [7, 11) is 0. The van der Waals surface area contributed by atoms with Crippen LogP contribution in [0.5, 0.6) is 5.75 Å². The predicted octanol–water partition coefficient (Wildman–Crippen LogP) is 2.15. The number of nitrogens with one attached hydrogen (secondary N) is 1. The van der Waals surface area contributed by atoms with Gasteiger partial charge in [-0.2, -0.15) is 0 Å². The van der Waals surface area contributed by atoms with Crippen molar-refractivity contribution < 1.29 is 13.9 Å². The Bertz CT molecular complexity index is 503. The van der Waals surface area contributed by atoms with Crippen molar-refractivity contribution in [1.82, 2.24) is 5.32 Å². The summed E-state index contributed by atoms with van der Waals surface area (Å²) in [5, 5.41) is 2.85. The number of amides is 1. The minimum atomic E-state index is -0.723. The Balaban J connectivity index is 2.07. The van der Waals surface area contributed by atoms with E-state index in [2.05, 4.69) is 5.32 Å². The van der Waals surface area contributed by atoms with Gasteiger partial charge in [0, 0.05) is 12.1 Å². The van der Waals surface area contributed by atoms with Crippen LogP contribution in [0.1, 0.15) is 38.7 Å². The van der Waals surface area contributed by atoms with Crippen LogP contribution in [0.3, 0.4) is 0 Å². The van der Waals surface area contributed by atoms with Crippen molar-refractivity contribution in [2.24, 2.45) is 5.73 Å². The lowest BCUT2D eigenvalue weighted by Crippen LogP contribution is -2.38. The van der Waals surface area contributed by atoms with Crippen molar-refractivity contribution in [3.8, 4) is 5.75 Å². The van der Waals surface area contributed by atoms with Crippen LogP contribution in [0.25, 0.3) is 0 Å². The zero-order valence-corrected chi connectivity index (χ0v) is 12.6. The summed E-state index contributed by atoms with van der Waals surface area (Å²) in [5.74, 6) is -0.520. The summed E-state index contributed by atoms with van der Waals surface area (Å²) in [6.45, 7) is 3.61. The van der Waals surface area contributed by atoms with Gasteiger partial charge >= 0.3 is 0 Å². The highest BCUT2D eigenvalue weighted by atomic mass is 19.1. The summed E-state index contributed by atoms with van der Waals surface area (Å²) in [5.41, 5.74) is 6.64. The normalized spacial score (nSPS) is 17.1. The number of para-hydroxylation sites is 1. The number of hydrogen-bond acceptors (Lipinski definition) is 3. The molecule has 1 aromatic carbocycles. The molecule has 0 saturated heterocycles. The summed E-state index contributed by atoms with van der Waals surface area (Å²) < 4.78 is 19.6. The van der Waals surface area contributed by atoms with E-state index < -0.39 is 11.9 Å². The zero-order valence-electron chi connectivity index (χ0n) is 12.6. The molecule has 0 heterocycles. The number of nitrogens with two attached hydrogens (primary N) is 1. The van der Waals surface area contributed by atoms with Gasteiger partial charge in [0.15, 0.2) is 17.7 Å². The highest BCUT2D eigenvalue weighted by Crippen LogP contribution is 2.26. The average Bonchev–Trinajstić information content (AvgIpc) is 3.26. The van der Waals surface area contributed by atoms with E-state index in [9.17, 15) is 9.18 Å². The molecule has 2 atom stereocenters. The quantitative estimate of drug-likeness (QED) is 0.810. The van der Waals surface area contributed by atoms with Crippen LogP contribution >= 0.6 is 0 Å². The highest BCUT2D eigenvalue weighted by Gasteiger charge is 2.27. The molecule has 1 aromatic rings. The third kappa shape index (κ3) is 4.43. The van der Waals surface area contributed by atoms with Crippen LogP contribution < -0.4 is 15.8 Å². The average molecular weight is 294 g/mol. The molecular weight excluding hydrogens is 271 g/mol. The Morgan fingerprint density at radius 1 is 1.52 bits per heavy atom. The molecule has 0 spiro atoms. The van der Waals surface area contributed by atoms with Crippen molar-refractivity contribution in [3.63, 3.8) is 0 Å². The second-order valence-corrected chi connectivity index (χ2v) is 5.64. The Morgan fingerprint density at radius 3 is 2.86 bits per heavy atom. The van der Waals surface area contributed by atoms with E-state index in [0.717, 1.165) is 19.3 Å². The van der Waals surface area contributed by atoms with E-state index in [-0.39, 0.29) is 23.7 Å². The van der Waals surface area contributed by atoms with Crippen LogP contribution in [0, 0.1) is 5.82 Å². The first-order valence-corrected chi connectivity index (χ1v) is 7.51. The molecule has 1 amide bonds. The minimum absolute atomic E-state index is 0.0512. The molecule has 4 nitrogen and oxygen atoms in total. The highest BCUT2D eigenvalue weighted by molar-refractivity contribution is 5.81. The van der Waals surface area contributed by atoms with E-state index in [1.54, 1.807) is 19.1 Å². The molecule has 21 heavy (non-hydrogen) atoms. The fourth-order valence-corrected chi connectivity index (χ4v) is 2.05. The summed E-state index contributed by atoms with van der Waals surface area (Å²) in [6.07, 6.45) is 2.62. The van der Waals surface area contributed by atoms with Gasteiger partial charge < -0.3 is 15.8 Å². The molecule has 1 fully saturated rings. The zero-order chi connectivity index (χ0) is 15.4. The number of hydrogen-bond donors (Lipinski definition) is 2. The number of ether oxygens (including phenoxy) is 1. The maximum absolute atomic E-state index is 14.0. The molecule has 0 bridgehead atoms. The van der Waals surface area contributed by atoms with Crippen LogP contribution in [-0.2, 0) is 11.2 Å². The van der Waals surface area contributed by atoms with Gasteiger partial charge in [0.05, 0.1) is 0 Å². The molecule has 1 aliphatic carbocycles. The van der Waals surface area contributed by atoms with Crippen LogP contribution in [0.15, 0.2) is 18.2 Å². The summed E-state index contributed by atoms with van der Waals surface area (Å²) in [4.78, 5) is 11.9. The van der Waals surface area contributed by atoms with Gasteiger partial charge in [-0.3, -0.25) is 4.79 Å². The Morgan fingerprint density at radius 2 is 2.24 bits per heavy atom. The van der Waals surface area contributed by atoms with Crippen molar-refractivity contribution in [3.05, 3.63) is 29.6 Å². The molecule has 5 heteroatoms. The fourth-order valence-electron chi connectivity index (χ4n) is 2.05. The lowest BCUT2D eigenvalue weighted by molar-refractivity contribution is -0.127. The van der Waals surface area contributed by atoms with Gasteiger partial charge in [0.2, 0.25) is 0 Å². The molecule has 0 aromatic heterocycles. The van der Waals surface area contributed by atoms with Gasteiger partial charge in [0.1, 0.15) is 0 Å². The van der Waals surface area contributed by atoms with Crippen LogP contribution in [-0.4, -0.2) is 24.1 Å². The first-order valence-electron chi connectivity index (χ1n) is 7.51. The van der Waals surface area contributed by atoms with E-state index >= 15 is 0 Å². The SMILES string of the molecule is CCC(N)Cc1cccc(F)c1OC(C)C(=O)NC1CC1. The maximum Gasteiger partial charge on any atom is 0.260 e. The number of rotatable bonds is 7. The van der Waals surface area contributed by atoms with Gasteiger partial charge in [0.25, 0.3) is 5.91 Å². The Hall–Kier alpha value is -1.62. The topological polar surface area (TPSA) is 64.3 Å². The standard InChI is InChI=1S/C16H23FN2O2/c1-3-12(18)9-11-5-4-6-14(17)15(11)21-10(2)16(20)19-13-7-8-13/h4-6,10,12-13H,3,7-9,18H2,1-2H3,(H,19,20). The molecule has 2 rings (SSSR count). The van der Waals surface area contributed by atoms with Crippen molar-refractivity contribution in [2.45, 2.75) is 57.7 Å².